The molecule has 0 unspecified atom stereocenters. The van der Waals surface area contributed by atoms with Gasteiger partial charge in [0, 0.05) is 12.6 Å². The minimum atomic E-state index is -0.133. The quantitative estimate of drug-likeness (QED) is 0.882. The lowest BCUT2D eigenvalue weighted by Crippen LogP contribution is -2.41. The van der Waals surface area contributed by atoms with Crippen LogP contribution < -0.4 is 5.32 Å². The first-order valence-corrected chi connectivity index (χ1v) is 6.83. The third-order valence-corrected chi connectivity index (χ3v) is 4.00. The molecular weight excluding hydrogens is 227 g/mol. The Morgan fingerprint density at radius 3 is 2.67 bits per heavy atom. The molecule has 2 rings (SSSR count). The molecule has 0 bridgehead atoms. The van der Waals surface area contributed by atoms with E-state index in [0.717, 1.165) is 18.5 Å². The topological polar surface area (TPSA) is 15.3 Å². The van der Waals surface area contributed by atoms with Gasteiger partial charge in [0.15, 0.2) is 0 Å². The predicted molar refractivity (Wildman–Crippen MR) is 73.4 cm³/mol. The van der Waals surface area contributed by atoms with Gasteiger partial charge in [0.25, 0.3) is 0 Å². The summed E-state index contributed by atoms with van der Waals surface area (Å²) in [6, 6.07) is 5.80. The lowest BCUT2D eigenvalue weighted by molar-refractivity contribution is 0.204. The average Bonchev–Trinajstić information content (AvgIpc) is 2.38. The third kappa shape index (κ3) is 3.53. The molecule has 0 atom stereocenters. The first-order chi connectivity index (χ1) is 8.69. The number of piperidine rings is 1. The van der Waals surface area contributed by atoms with E-state index in [-0.39, 0.29) is 5.82 Å². The summed E-state index contributed by atoms with van der Waals surface area (Å²) in [5.74, 6) is -0.133. The van der Waals surface area contributed by atoms with Crippen LogP contribution in [0.5, 0.6) is 0 Å². The van der Waals surface area contributed by atoms with Crippen LogP contribution in [0.15, 0.2) is 18.2 Å². The number of hydrogen-bond acceptors (Lipinski definition) is 2. The monoisotopic (exact) mass is 250 g/mol. The second-order valence-electron chi connectivity index (χ2n) is 5.23. The molecular formula is C15H23FN2. The van der Waals surface area contributed by atoms with Gasteiger partial charge in [0.05, 0.1) is 0 Å². The highest BCUT2D eigenvalue weighted by molar-refractivity contribution is 5.26. The maximum absolute atomic E-state index is 13.0. The van der Waals surface area contributed by atoms with Crippen LogP contribution in [0, 0.1) is 12.7 Å². The Morgan fingerprint density at radius 1 is 1.33 bits per heavy atom. The minimum absolute atomic E-state index is 0.133. The lowest BCUT2D eigenvalue weighted by atomic mass is 10.0. The summed E-state index contributed by atoms with van der Waals surface area (Å²) in [5, 5.41) is 3.35. The van der Waals surface area contributed by atoms with Crippen molar-refractivity contribution in [3.63, 3.8) is 0 Å². The normalized spacial score (nSPS) is 18.2. The van der Waals surface area contributed by atoms with Gasteiger partial charge in [-0.15, -0.1) is 0 Å². The van der Waals surface area contributed by atoms with Crippen LogP contribution in [0.3, 0.4) is 0 Å². The lowest BCUT2D eigenvalue weighted by Gasteiger charge is -2.31. The molecule has 0 saturated carbocycles. The van der Waals surface area contributed by atoms with Crippen LogP contribution in [0.2, 0.25) is 0 Å². The van der Waals surface area contributed by atoms with Gasteiger partial charge in [-0.2, -0.15) is 0 Å². The largest absolute Gasteiger partial charge is 0.317 e. The summed E-state index contributed by atoms with van der Waals surface area (Å²) in [6.07, 6.45) is 3.49. The van der Waals surface area contributed by atoms with Gasteiger partial charge in [0.2, 0.25) is 0 Å². The van der Waals surface area contributed by atoms with Crippen LogP contribution in [-0.4, -0.2) is 37.6 Å². The molecule has 18 heavy (non-hydrogen) atoms. The molecule has 0 aliphatic carbocycles. The van der Waals surface area contributed by atoms with Crippen LogP contribution >= 0.6 is 0 Å². The van der Waals surface area contributed by atoms with Gasteiger partial charge < -0.3 is 10.2 Å². The maximum Gasteiger partial charge on any atom is 0.123 e. The van der Waals surface area contributed by atoms with Gasteiger partial charge in [-0.3, -0.25) is 0 Å². The minimum Gasteiger partial charge on any atom is -0.317 e. The zero-order valence-electron chi connectivity index (χ0n) is 11.4. The van der Waals surface area contributed by atoms with Crippen molar-refractivity contribution in [2.24, 2.45) is 0 Å². The van der Waals surface area contributed by atoms with E-state index in [4.69, 9.17) is 0 Å². The Morgan fingerprint density at radius 2 is 2.06 bits per heavy atom. The van der Waals surface area contributed by atoms with Crippen molar-refractivity contribution < 1.29 is 4.39 Å². The van der Waals surface area contributed by atoms with Gasteiger partial charge in [-0.05, 0) is 69.6 Å². The number of likely N-dealkylation sites (tertiary alicyclic amines) is 1. The molecule has 1 aliphatic heterocycles. The number of rotatable bonds is 4. The van der Waals surface area contributed by atoms with Crippen molar-refractivity contribution in [1.82, 2.24) is 10.2 Å². The Balaban J connectivity index is 1.81. The highest BCUT2D eigenvalue weighted by atomic mass is 19.1. The van der Waals surface area contributed by atoms with Crippen LogP contribution in [0.25, 0.3) is 0 Å². The second-order valence-corrected chi connectivity index (χ2v) is 5.23. The van der Waals surface area contributed by atoms with Crippen molar-refractivity contribution >= 4 is 0 Å². The number of halogens is 1. The molecule has 3 heteroatoms. The number of aryl methyl sites for hydroxylation is 1. The Bertz CT molecular complexity index is 384. The van der Waals surface area contributed by atoms with Crippen molar-refractivity contribution in [1.29, 1.82) is 0 Å². The van der Waals surface area contributed by atoms with E-state index in [2.05, 4.69) is 10.2 Å². The van der Waals surface area contributed by atoms with E-state index in [0.29, 0.717) is 6.04 Å². The molecule has 1 aromatic carbocycles. The van der Waals surface area contributed by atoms with E-state index in [1.54, 1.807) is 12.1 Å². The predicted octanol–water partition coefficient (Wildman–Crippen LogP) is 2.36. The molecule has 1 aliphatic rings. The molecule has 2 nitrogen and oxygen atoms in total. The smallest absolute Gasteiger partial charge is 0.123 e. The zero-order chi connectivity index (χ0) is 13.0. The highest BCUT2D eigenvalue weighted by Crippen LogP contribution is 2.14. The van der Waals surface area contributed by atoms with Gasteiger partial charge in [0.1, 0.15) is 5.82 Å². The van der Waals surface area contributed by atoms with Crippen molar-refractivity contribution in [3.8, 4) is 0 Å². The van der Waals surface area contributed by atoms with Gasteiger partial charge in [-0.1, -0.05) is 6.07 Å². The molecule has 100 valence electrons. The summed E-state index contributed by atoms with van der Waals surface area (Å²) in [6.45, 7) is 5.42. The molecule has 1 heterocycles. The van der Waals surface area contributed by atoms with E-state index in [1.807, 2.05) is 20.0 Å². The second kappa shape index (κ2) is 6.30. The molecule has 0 radical (unpaired) electrons. The number of nitrogens with zero attached hydrogens (tertiary/aromatic N) is 1. The fraction of sp³-hybridized carbons (Fsp3) is 0.600. The fourth-order valence-corrected chi connectivity index (χ4v) is 2.66. The molecule has 1 saturated heterocycles. The summed E-state index contributed by atoms with van der Waals surface area (Å²) < 4.78 is 13.0. The molecule has 0 aromatic heterocycles. The van der Waals surface area contributed by atoms with E-state index >= 15 is 0 Å². The summed E-state index contributed by atoms with van der Waals surface area (Å²) in [4.78, 5) is 2.51. The Kier molecular flexibility index (Phi) is 4.72. The molecule has 0 spiro atoms. The van der Waals surface area contributed by atoms with E-state index < -0.39 is 0 Å². The molecule has 1 N–H and O–H groups in total. The van der Waals surface area contributed by atoms with Crippen LogP contribution in [0.4, 0.5) is 4.39 Å². The molecule has 0 amide bonds. The van der Waals surface area contributed by atoms with Crippen molar-refractivity contribution in [2.45, 2.75) is 32.2 Å². The first kappa shape index (κ1) is 13.5. The fourth-order valence-electron chi connectivity index (χ4n) is 2.66. The van der Waals surface area contributed by atoms with Crippen molar-refractivity contribution in [3.05, 3.63) is 35.1 Å². The number of benzene rings is 1. The highest BCUT2D eigenvalue weighted by Gasteiger charge is 2.17. The van der Waals surface area contributed by atoms with Gasteiger partial charge in [-0.25, -0.2) is 4.39 Å². The van der Waals surface area contributed by atoms with Crippen molar-refractivity contribution in [2.75, 3.05) is 26.7 Å². The number of hydrogen-bond donors (Lipinski definition) is 1. The van der Waals surface area contributed by atoms with E-state index in [9.17, 15) is 4.39 Å². The zero-order valence-corrected chi connectivity index (χ0v) is 11.4. The van der Waals surface area contributed by atoms with E-state index in [1.165, 1.54) is 31.5 Å². The van der Waals surface area contributed by atoms with Gasteiger partial charge >= 0.3 is 0 Å². The SMILES string of the molecule is CNC1CCN(CCc2ccc(F)cc2C)CC1. The Hall–Kier alpha value is -0.930. The van der Waals surface area contributed by atoms with Crippen LogP contribution in [0.1, 0.15) is 24.0 Å². The first-order valence-electron chi connectivity index (χ1n) is 6.83. The van der Waals surface area contributed by atoms with Crippen LogP contribution in [-0.2, 0) is 6.42 Å². The Labute approximate surface area is 109 Å². The standard InChI is InChI=1S/C15H23FN2/c1-12-11-14(16)4-3-13(12)5-8-18-9-6-15(17-2)7-10-18/h3-4,11,15,17H,5-10H2,1-2H3. The number of nitrogens with one attached hydrogen (secondary N) is 1. The summed E-state index contributed by atoms with van der Waals surface area (Å²) >= 11 is 0. The summed E-state index contributed by atoms with van der Waals surface area (Å²) in [7, 11) is 2.04. The third-order valence-electron chi connectivity index (χ3n) is 4.00. The maximum atomic E-state index is 13.0. The molecule has 1 aromatic rings. The average molecular weight is 250 g/mol. The summed E-state index contributed by atoms with van der Waals surface area (Å²) in [5.41, 5.74) is 2.34. The molecule has 1 fully saturated rings.